The Labute approximate surface area is 200 Å². The number of hydrogen-bond donors (Lipinski definition) is 1. The Kier molecular flexibility index (Phi) is 4.95. The Hall–Kier alpha value is -3.35. The van der Waals surface area contributed by atoms with Crippen LogP contribution in [0.4, 0.5) is 13.2 Å². The standard InChI is InChI=1S/C28H24F3NO3/c1-14-8-19(18-4-2-3-5-23(18)28(29,30)31)20-9-15(6-7-17(14)20)13-35-24-11-16-10-21-25(22(16)12-32-24)26(21)27(33)34/h2-7,9,11-12,14,19,21,25-26H,8,10,13H2,1H3,(H,33,34)/t14?,19?,21-,25-,26+/m1/s1. The molecule has 0 aliphatic heterocycles. The molecule has 4 nitrogen and oxygen atoms in total. The first kappa shape index (κ1) is 22.1. The zero-order valence-electron chi connectivity index (χ0n) is 19.0. The van der Waals surface area contributed by atoms with E-state index in [0.717, 1.165) is 40.3 Å². The van der Waals surface area contributed by atoms with Crippen LogP contribution in [-0.4, -0.2) is 16.1 Å². The molecule has 3 aromatic rings. The molecule has 3 aliphatic rings. The van der Waals surface area contributed by atoms with Gasteiger partial charge < -0.3 is 9.84 Å². The molecule has 5 atom stereocenters. The summed E-state index contributed by atoms with van der Waals surface area (Å²) in [4.78, 5) is 15.7. The number of carbonyl (C=O) groups is 1. The van der Waals surface area contributed by atoms with Crippen molar-refractivity contribution in [3.63, 3.8) is 0 Å². The van der Waals surface area contributed by atoms with Gasteiger partial charge in [-0.2, -0.15) is 13.2 Å². The zero-order valence-corrected chi connectivity index (χ0v) is 19.0. The monoisotopic (exact) mass is 479 g/mol. The van der Waals surface area contributed by atoms with Gasteiger partial charge in [0.2, 0.25) is 5.88 Å². The van der Waals surface area contributed by atoms with Crippen LogP contribution in [0.5, 0.6) is 5.88 Å². The predicted octanol–water partition coefficient (Wildman–Crippen LogP) is 6.29. The highest BCUT2D eigenvalue weighted by molar-refractivity contribution is 5.77. The average Bonchev–Trinajstić information content (AvgIpc) is 3.27. The average molecular weight is 479 g/mol. The molecular weight excluding hydrogens is 455 g/mol. The third-order valence-corrected chi connectivity index (χ3v) is 7.94. The Morgan fingerprint density at radius 1 is 1.09 bits per heavy atom. The number of aromatic nitrogens is 1. The van der Waals surface area contributed by atoms with Crippen LogP contribution in [-0.2, 0) is 24.0 Å². The molecule has 0 amide bonds. The van der Waals surface area contributed by atoms with Crippen molar-refractivity contribution in [3.8, 4) is 5.88 Å². The topological polar surface area (TPSA) is 59.4 Å². The number of pyridine rings is 1. The van der Waals surface area contributed by atoms with E-state index in [9.17, 15) is 23.1 Å². The van der Waals surface area contributed by atoms with E-state index in [1.165, 1.54) is 6.07 Å². The molecule has 6 rings (SSSR count). The second-order valence-electron chi connectivity index (χ2n) is 10.0. The van der Waals surface area contributed by atoms with Crippen molar-refractivity contribution in [3.05, 3.63) is 93.7 Å². The van der Waals surface area contributed by atoms with E-state index in [4.69, 9.17) is 4.74 Å². The molecule has 0 bridgehead atoms. The highest BCUT2D eigenvalue weighted by Crippen LogP contribution is 2.61. The molecule has 1 fully saturated rings. The Balaban J connectivity index is 1.22. The number of carboxylic acid groups (broad SMARTS) is 1. The number of alkyl halides is 3. The van der Waals surface area contributed by atoms with Crippen LogP contribution < -0.4 is 4.74 Å². The minimum Gasteiger partial charge on any atom is -0.481 e. The quantitative estimate of drug-likeness (QED) is 0.467. The van der Waals surface area contributed by atoms with Gasteiger partial charge in [-0.05, 0) is 64.1 Å². The van der Waals surface area contributed by atoms with Gasteiger partial charge in [-0.25, -0.2) is 4.98 Å². The highest BCUT2D eigenvalue weighted by atomic mass is 19.4. The summed E-state index contributed by atoms with van der Waals surface area (Å²) in [6, 6.07) is 13.7. The SMILES string of the molecule is CC1CC(c2ccccc2C(F)(F)F)c2cc(COc3cc4c(cn3)[C@H]3[C@@H](C4)[C@@H]3C(=O)O)ccc21. The maximum absolute atomic E-state index is 13.7. The summed E-state index contributed by atoms with van der Waals surface area (Å²) in [5.41, 5.74) is 4.74. The first-order valence-electron chi connectivity index (χ1n) is 11.9. The summed E-state index contributed by atoms with van der Waals surface area (Å²) >= 11 is 0. The second-order valence-corrected chi connectivity index (χ2v) is 10.0. The minimum absolute atomic E-state index is 0.0688. The molecule has 1 heterocycles. The third kappa shape index (κ3) is 3.68. The first-order chi connectivity index (χ1) is 16.7. The molecule has 1 N–H and O–H groups in total. The fourth-order valence-corrected chi connectivity index (χ4v) is 6.27. The lowest BCUT2D eigenvalue weighted by atomic mass is 9.88. The predicted molar refractivity (Wildman–Crippen MR) is 122 cm³/mol. The number of carboxylic acids is 1. The van der Waals surface area contributed by atoms with Crippen molar-refractivity contribution in [2.24, 2.45) is 11.8 Å². The molecule has 7 heteroatoms. The molecule has 2 unspecified atom stereocenters. The van der Waals surface area contributed by atoms with Crippen LogP contribution in [0.15, 0.2) is 54.7 Å². The van der Waals surface area contributed by atoms with Gasteiger partial charge in [0.15, 0.2) is 0 Å². The highest BCUT2D eigenvalue weighted by Gasteiger charge is 2.60. The van der Waals surface area contributed by atoms with E-state index < -0.39 is 17.7 Å². The number of halogens is 3. The molecule has 1 aromatic heterocycles. The molecule has 3 aliphatic carbocycles. The Morgan fingerprint density at radius 2 is 1.89 bits per heavy atom. The lowest BCUT2D eigenvalue weighted by Gasteiger charge is -2.19. The fraction of sp³-hybridized carbons (Fsp3) is 0.357. The van der Waals surface area contributed by atoms with E-state index in [2.05, 4.69) is 11.9 Å². The van der Waals surface area contributed by atoms with Gasteiger partial charge in [-0.1, -0.05) is 43.3 Å². The lowest BCUT2D eigenvalue weighted by molar-refractivity contribution is -0.139. The number of rotatable bonds is 5. The van der Waals surface area contributed by atoms with Crippen LogP contribution in [0.25, 0.3) is 0 Å². The minimum atomic E-state index is -4.40. The summed E-state index contributed by atoms with van der Waals surface area (Å²) in [6.07, 6.45) is -1.30. The van der Waals surface area contributed by atoms with Crippen LogP contribution in [0.1, 0.15) is 70.0 Å². The van der Waals surface area contributed by atoms with E-state index >= 15 is 0 Å². The van der Waals surface area contributed by atoms with Crippen LogP contribution in [0, 0.1) is 11.8 Å². The van der Waals surface area contributed by atoms with Crippen molar-refractivity contribution in [2.45, 2.75) is 50.3 Å². The second kappa shape index (κ2) is 7.83. The fourth-order valence-electron chi connectivity index (χ4n) is 6.27. The zero-order chi connectivity index (χ0) is 24.5. The van der Waals surface area contributed by atoms with Gasteiger partial charge in [-0.3, -0.25) is 4.79 Å². The van der Waals surface area contributed by atoms with Crippen molar-refractivity contribution in [1.82, 2.24) is 4.98 Å². The van der Waals surface area contributed by atoms with Gasteiger partial charge in [0, 0.05) is 24.1 Å². The summed E-state index contributed by atoms with van der Waals surface area (Å²) in [5.74, 6) is -0.470. The lowest BCUT2D eigenvalue weighted by Crippen LogP contribution is -2.12. The number of hydrogen-bond acceptors (Lipinski definition) is 3. The molecule has 0 saturated heterocycles. The largest absolute Gasteiger partial charge is 0.481 e. The molecule has 0 spiro atoms. The van der Waals surface area contributed by atoms with Crippen molar-refractivity contribution in [1.29, 1.82) is 0 Å². The van der Waals surface area contributed by atoms with E-state index in [-0.39, 0.29) is 36.2 Å². The van der Waals surface area contributed by atoms with Crippen LogP contribution in [0.2, 0.25) is 0 Å². The van der Waals surface area contributed by atoms with E-state index in [0.29, 0.717) is 17.9 Å². The first-order valence-corrected chi connectivity index (χ1v) is 11.9. The number of ether oxygens (including phenoxy) is 1. The van der Waals surface area contributed by atoms with Gasteiger partial charge in [0.1, 0.15) is 6.61 Å². The normalized spacial score (nSPS) is 26.1. The number of fused-ring (bicyclic) bond motifs is 4. The third-order valence-electron chi connectivity index (χ3n) is 7.94. The maximum atomic E-state index is 13.7. The number of aliphatic carboxylic acids is 1. The summed E-state index contributed by atoms with van der Waals surface area (Å²) in [5, 5.41) is 9.28. The number of benzene rings is 2. The van der Waals surface area contributed by atoms with E-state index in [1.807, 2.05) is 24.3 Å². The van der Waals surface area contributed by atoms with Crippen LogP contribution in [0.3, 0.4) is 0 Å². The van der Waals surface area contributed by atoms with Crippen molar-refractivity contribution in [2.75, 3.05) is 0 Å². The Morgan fingerprint density at radius 3 is 2.66 bits per heavy atom. The number of nitrogens with zero attached hydrogens (tertiary/aromatic N) is 1. The molecule has 2 aromatic carbocycles. The summed E-state index contributed by atoms with van der Waals surface area (Å²) < 4.78 is 47.0. The van der Waals surface area contributed by atoms with Crippen molar-refractivity contribution < 1.29 is 27.8 Å². The Bertz CT molecular complexity index is 1340. The molecule has 0 radical (unpaired) electrons. The maximum Gasteiger partial charge on any atom is 0.416 e. The van der Waals surface area contributed by atoms with Crippen LogP contribution >= 0.6 is 0 Å². The molecule has 35 heavy (non-hydrogen) atoms. The summed E-state index contributed by atoms with van der Waals surface area (Å²) in [6.45, 7) is 2.31. The molecular formula is C28H24F3NO3. The van der Waals surface area contributed by atoms with Crippen molar-refractivity contribution >= 4 is 5.97 Å². The smallest absolute Gasteiger partial charge is 0.416 e. The van der Waals surface area contributed by atoms with Gasteiger partial charge in [0.25, 0.3) is 0 Å². The van der Waals surface area contributed by atoms with Gasteiger partial charge in [-0.15, -0.1) is 0 Å². The summed E-state index contributed by atoms with van der Waals surface area (Å²) in [7, 11) is 0. The van der Waals surface area contributed by atoms with Gasteiger partial charge >= 0.3 is 12.1 Å². The molecule has 1 saturated carbocycles. The van der Waals surface area contributed by atoms with E-state index in [1.54, 1.807) is 18.3 Å². The molecule has 180 valence electrons. The van der Waals surface area contributed by atoms with Gasteiger partial charge in [0.05, 0.1) is 11.5 Å².